The van der Waals surface area contributed by atoms with Gasteiger partial charge in [0.05, 0.1) is 13.2 Å². The van der Waals surface area contributed by atoms with Crippen LogP contribution in [0.25, 0.3) is 0 Å². The number of hydrogen-bond donors (Lipinski definition) is 2. The molecule has 0 radical (unpaired) electrons. The van der Waals surface area contributed by atoms with E-state index in [1.165, 1.54) is 161 Å². The van der Waals surface area contributed by atoms with Crippen molar-refractivity contribution in [2.24, 2.45) is 5.73 Å². The second-order valence-electron chi connectivity index (χ2n) is 15.3. The maximum Gasteiger partial charge on any atom is 0.472 e. The maximum absolute atomic E-state index is 12.6. The minimum Gasteiger partial charge on any atom is -0.462 e. The average Bonchev–Trinajstić information content (AvgIpc) is 3.16. The van der Waals surface area contributed by atoms with Gasteiger partial charge < -0.3 is 20.1 Å². The van der Waals surface area contributed by atoms with Crippen molar-refractivity contribution in [3.8, 4) is 0 Å². The fourth-order valence-electron chi connectivity index (χ4n) is 6.51. The Morgan fingerprint density at radius 2 is 0.907 bits per heavy atom. The molecule has 0 aliphatic carbocycles. The lowest BCUT2D eigenvalue weighted by atomic mass is 10.0. The standard InChI is InChI=1S/C44H86NO8P/c1-3-5-7-9-11-13-15-17-18-19-20-21-22-23-24-25-27-28-30-32-34-36-43(46)50-40-42(41-52-54(48,49)51-39-38-45)53-44(47)37-35-33-31-29-26-16-14-12-10-8-6-4-2/h17-18,42H,3-16,19-41,45H2,1-2H3,(H,48,49). The molecule has 0 heterocycles. The van der Waals surface area contributed by atoms with Gasteiger partial charge in [0.1, 0.15) is 6.61 Å². The predicted molar refractivity (Wildman–Crippen MR) is 224 cm³/mol. The highest BCUT2D eigenvalue weighted by molar-refractivity contribution is 7.47. The molecule has 10 heteroatoms. The lowest BCUT2D eigenvalue weighted by Gasteiger charge is -2.19. The molecule has 0 aliphatic rings. The lowest BCUT2D eigenvalue weighted by molar-refractivity contribution is -0.161. The van der Waals surface area contributed by atoms with E-state index in [-0.39, 0.29) is 38.6 Å². The highest BCUT2D eigenvalue weighted by Crippen LogP contribution is 2.43. The quantitative estimate of drug-likeness (QED) is 0.0268. The summed E-state index contributed by atoms with van der Waals surface area (Å²) < 4.78 is 32.8. The Labute approximate surface area is 332 Å². The summed E-state index contributed by atoms with van der Waals surface area (Å²) >= 11 is 0. The minimum atomic E-state index is -4.37. The number of esters is 2. The van der Waals surface area contributed by atoms with Crippen LogP contribution >= 0.6 is 7.82 Å². The predicted octanol–water partition coefficient (Wildman–Crippen LogP) is 13.0. The monoisotopic (exact) mass is 788 g/mol. The van der Waals surface area contributed by atoms with E-state index in [2.05, 4.69) is 26.0 Å². The molecule has 0 saturated carbocycles. The van der Waals surface area contributed by atoms with Crippen molar-refractivity contribution in [2.75, 3.05) is 26.4 Å². The van der Waals surface area contributed by atoms with Crippen LogP contribution in [0.3, 0.4) is 0 Å². The van der Waals surface area contributed by atoms with E-state index < -0.39 is 26.5 Å². The van der Waals surface area contributed by atoms with Gasteiger partial charge in [-0.1, -0.05) is 187 Å². The van der Waals surface area contributed by atoms with Gasteiger partial charge in [-0.3, -0.25) is 18.6 Å². The van der Waals surface area contributed by atoms with Crippen LogP contribution in [0, 0.1) is 0 Å². The molecule has 2 unspecified atom stereocenters. The third-order valence-corrected chi connectivity index (χ3v) is 10.9. The molecule has 54 heavy (non-hydrogen) atoms. The maximum atomic E-state index is 12.6. The van der Waals surface area contributed by atoms with Gasteiger partial charge in [0.15, 0.2) is 6.10 Å². The summed E-state index contributed by atoms with van der Waals surface area (Å²) in [5.74, 6) is -0.819. The fraction of sp³-hybridized carbons (Fsp3) is 0.909. The first-order chi connectivity index (χ1) is 26.3. The Morgan fingerprint density at radius 3 is 1.31 bits per heavy atom. The number of phosphoric acid groups is 1. The van der Waals surface area contributed by atoms with Crippen molar-refractivity contribution in [1.29, 1.82) is 0 Å². The largest absolute Gasteiger partial charge is 0.472 e. The molecule has 0 aliphatic heterocycles. The van der Waals surface area contributed by atoms with Crippen molar-refractivity contribution >= 4 is 19.8 Å². The second kappa shape index (κ2) is 41.4. The molecule has 0 saturated heterocycles. The van der Waals surface area contributed by atoms with Crippen LogP contribution in [-0.2, 0) is 32.7 Å². The van der Waals surface area contributed by atoms with E-state index in [4.69, 9.17) is 24.3 Å². The number of rotatable bonds is 43. The van der Waals surface area contributed by atoms with Gasteiger partial charge in [0, 0.05) is 19.4 Å². The first-order valence-corrected chi connectivity index (χ1v) is 24.2. The van der Waals surface area contributed by atoms with Crippen LogP contribution in [0.4, 0.5) is 0 Å². The third kappa shape index (κ3) is 40.4. The molecule has 0 bridgehead atoms. The second-order valence-corrected chi connectivity index (χ2v) is 16.7. The number of phosphoric ester groups is 1. The summed E-state index contributed by atoms with van der Waals surface area (Å²) in [4.78, 5) is 34.8. The zero-order chi connectivity index (χ0) is 39.6. The highest BCUT2D eigenvalue weighted by atomic mass is 31.2. The number of hydrogen-bond acceptors (Lipinski definition) is 8. The molecule has 3 N–H and O–H groups in total. The summed E-state index contributed by atoms with van der Waals surface area (Å²) in [7, 11) is -4.37. The van der Waals surface area contributed by atoms with Gasteiger partial charge in [0.2, 0.25) is 0 Å². The van der Waals surface area contributed by atoms with E-state index in [0.29, 0.717) is 6.42 Å². The Morgan fingerprint density at radius 1 is 0.537 bits per heavy atom. The smallest absolute Gasteiger partial charge is 0.462 e. The number of unbranched alkanes of at least 4 members (excludes halogenated alkanes) is 28. The van der Waals surface area contributed by atoms with Gasteiger partial charge in [-0.2, -0.15) is 0 Å². The van der Waals surface area contributed by atoms with Crippen LogP contribution in [0.1, 0.15) is 226 Å². The highest BCUT2D eigenvalue weighted by Gasteiger charge is 2.26. The zero-order valence-corrected chi connectivity index (χ0v) is 36.1. The van der Waals surface area contributed by atoms with E-state index in [9.17, 15) is 19.0 Å². The molecule has 320 valence electrons. The summed E-state index contributed by atoms with van der Waals surface area (Å²) in [5, 5.41) is 0. The average molecular weight is 788 g/mol. The normalized spacial score (nSPS) is 13.3. The number of ether oxygens (including phenoxy) is 2. The molecule has 0 aromatic heterocycles. The SMILES string of the molecule is CCCCCCCCC=CCCCCCCCCCCCCCC(=O)OCC(COP(=O)(O)OCCN)OC(=O)CCCCCCCCCCCCCC. The number of carbonyl (C=O) groups excluding carboxylic acids is 2. The summed E-state index contributed by atoms with van der Waals surface area (Å²) in [6.45, 7) is 3.75. The van der Waals surface area contributed by atoms with Crippen LogP contribution in [0.5, 0.6) is 0 Å². The number of allylic oxidation sites excluding steroid dienone is 2. The van der Waals surface area contributed by atoms with Gasteiger partial charge in [0.25, 0.3) is 0 Å². The fourth-order valence-corrected chi connectivity index (χ4v) is 7.28. The van der Waals surface area contributed by atoms with Crippen LogP contribution in [-0.4, -0.2) is 49.3 Å². The van der Waals surface area contributed by atoms with Crippen molar-refractivity contribution in [1.82, 2.24) is 0 Å². The Hall–Kier alpha value is -1.25. The van der Waals surface area contributed by atoms with Crippen molar-refractivity contribution in [2.45, 2.75) is 232 Å². The van der Waals surface area contributed by atoms with Gasteiger partial charge in [-0.15, -0.1) is 0 Å². The molecule has 0 aromatic rings. The van der Waals surface area contributed by atoms with Gasteiger partial charge in [-0.05, 0) is 38.5 Å². The summed E-state index contributed by atoms with van der Waals surface area (Å²) in [5.41, 5.74) is 5.35. The van der Waals surface area contributed by atoms with Crippen LogP contribution in [0.15, 0.2) is 12.2 Å². The molecule has 0 spiro atoms. The Kier molecular flexibility index (Phi) is 40.4. The van der Waals surface area contributed by atoms with E-state index in [1.807, 2.05) is 0 Å². The molecule has 0 amide bonds. The lowest BCUT2D eigenvalue weighted by Crippen LogP contribution is -2.29. The zero-order valence-electron chi connectivity index (χ0n) is 35.2. The molecular weight excluding hydrogens is 701 g/mol. The third-order valence-electron chi connectivity index (χ3n) is 9.90. The number of carbonyl (C=O) groups is 2. The Balaban J connectivity index is 4.03. The van der Waals surface area contributed by atoms with E-state index >= 15 is 0 Å². The van der Waals surface area contributed by atoms with Crippen LogP contribution < -0.4 is 5.73 Å². The van der Waals surface area contributed by atoms with Crippen molar-refractivity contribution < 1.29 is 37.6 Å². The van der Waals surface area contributed by atoms with E-state index in [1.54, 1.807) is 0 Å². The molecular formula is C44H86NO8P. The summed E-state index contributed by atoms with van der Waals surface area (Å²) in [6.07, 6.45) is 42.4. The van der Waals surface area contributed by atoms with Gasteiger partial charge >= 0.3 is 19.8 Å². The molecule has 9 nitrogen and oxygen atoms in total. The van der Waals surface area contributed by atoms with Crippen LogP contribution in [0.2, 0.25) is 0 Å². The van der Waals surface area contributed by atoms with Gasteiger partial charge in [-0.25, -0.2) is 4.57 Å². The van der Waals surface area contributed by atoms with Crippen molar-refractivity contribution in [3.63, 3.8) is 0 Å². The first-order valence-electron chi connectivity index (χ1n) is 22.7. The number of nitrogens with two attached hydrogens (primary N) is 1. The molecule has 0 aromatic carbocycles. The molecule has 2 atom stereocenters. The Bertz CT molecular complexity index is 902. The topological polar surface area (TPSA) is 134 Å². The van der Waals surface area contributed by atoms with Crippen molar-refractivity contribution in [3.05, 3.63) is 12.2 Å². The summed E-state index contributed by atoms with van der Waals surface area (Å²) in [6, 6.07) is 0. The molecule has 0 rings (SSSR count). The molecule has 0 fully saturated rings. The first kappa shape index (κ1) is 52.8. The van der Waals surface area contributed by atoms with E-state index in [0.717, 1.165) is 32.1 Å². The minimum absolute atomic E-state index is 0.0564.